The Bertz CT molecular complexity index is 940. The van der Waals surface area contributed by atoms with Crippen LogP contribution in [0.25, 0.3) is 0 Å². The monoisotopic (exact) mass is 522 g/mol. The Morgan fingerprint density at radius 1 is 0.424 bits per heavy atom. The topological polar surface area (TPSA) is 200 Å². The first-order valence-electron chi connectivity index (χ1n) is 8.64. The molecule has 0 atom stereocenters. The lowest BCUT2D eigenvalue weighted by Gasteiger charge is -2.19. The van der Waals surface area contributed by atoms with E-state index in [2.05, 4.69) is 0 Å². The van der Waals surface area contributed by atoms with Gasteiger partial charge < -0.3 is 42.9 Å². The molecule has 12 nitrogen and oxygen atoms in total. The Kier molecular flexibility index (Phi) is 11.5. The smallest absolute Gasteiger partial charge is 0.386 e. The summed E-state index contributed by atoms with van der Waals surface area (Å²) in [6.45, 7) is 0. The van der Waals surface area contributed by atoms with E-state index in [1.165, 1.54) is 0 Å². The summed E-state index contributed by atoms with van der Waals surface area (Å²) >= 11 is 0. The molecule has 0 fully saturated rings. The molecule has 0 amide bonds. The van der Waals surface area contributed by atoms with Crippen molar-refractivity contribution in [1.29, 1.82) is 0 Å². The van der Waals surface area contributed by atoms with E-state index in [4.69, 9.17) is 52.1 Å². The Morgan fingerprint density at radius 3 is 0.788 bits per heavy atom. The van der Waals surface area contributed by atoms with Crippen LogP contribution in [0.15, 0.2) is 91.0 Å². The van der Waals surface area contributed by atoms with E-state index < -0.39 is 23.5 Å². The van der Waals surface area contributed by atoms with Crippen molar-refractivity contribution in [2.75, 3.05) is 0 Å². The molecule has 3 aromatic rings. The molecule has 15 heteroatoms. The average molecular weight is 522 g/mol. The van der Waals surface area contributed by atoms with Crippen molar-refractivity contribution in [3.8, 4) is 17.2 Å². The molecular weight excluding hydrogens is 501 g/mol. The van der Waals surface area contributed by atoms with Crippen molar-refractivity contribution in [1.82, 2.24) is 0 Å². The van der Waals surface area contributed by atoms with Crippen LogP contribution in [0.5, 0.6) is 17.2 Å². The molecule has 33 heavy (non-hydrogen) atoms. The number of phosphoric ester groups is 1. The highest BCUT2D eigenvalue weighted by atomic mass is 31.2. The van der Waals surface area contributed by atoms with Gasteiger partial charge in [-0.1, -0.05) is 54.6 Å². The molecule has 0 spiro atoms. The van der Waals surface area contributed by atoms with Crippen LogP contribution in [0, 0.1) is 0 Å². The Labute approximate surface area is 188 Å². The van der Waals surface area contributed by atoms with Crippen LogP contribution in [0.3, 0.4) is 0 Å². The van der Waals surface area contributed by atoms with E-state index in [0.717, 1.165) is 0 Å². The molecule has 0 radical (unpaired) electrons. The largest absolute Gasteiger partial charge is 0.647 e. The van der Waals surface area contributed by atoms with E-state index in [-0.39, 0.29) is 0 Å². The summed E-state index contributed by atoms with van der Waals surface area (Å²) in [6, 6.07) is 26.4. The predicted octanol–water partition coefficient (Wildman–Crippen LogP) is 3.47. The van der Waals surface area contributed by atoms with Crippen molar-refractivity contribution in [2.24, 2.45) is 0 Å². The third-order valence-corrected chi connectivity index (χ3v) is 4.18. The second kappa shape index (κ2) is 13.3. The van der Waals surface area contributed by atoms with Gasteiger partial charge in [0.15, 0.2) is 0 Å². The second-order valence-corrected chi connectivity index (χ2v) is 9.18. The zero-order chi connectivity index (χ0) is 25.0. The summed E-state index contributed by atoms with van der Waals surface area (Å²) in [7, 11) is -13.2. The summed E-state index contributed by atoms with van der Waals surface area (Å²) in [5.74, 6) is 1.22. The predicted molar refractivity (Wildman–Crippen MR) is 117 cm³/mol. The molecule has 0 saturated carbocycles. The van der Waals surface area contributed by atoms with Crippen LogP contribution in [0.4, 0.5) is 0 Å². The Morgan fingerprint density at radius 2 is 0.606 bits per heavy atom. The molecule has 0 unspecified atom stereocenters. The molecule has 0 saturated heterocycles. The summed E-state index contributed by atoms with van der Waals surface area (Å²) < 4.78 is 47.4. The fourth-order valence-electron chi connectivity index (χ4n) is 1.89. The maximum absolute atomic E-state index is 13.1. The maximum Gasteiger partial charge on any atom is 0.647 e. The number of rotatable bonds is 6. The van der Waals surface area contributed by atoms with Crippen molar-refractivity contribution in [3.63, 3.8) is 0 Å². The number of phosphoric acid groups is 3. The summed E-state index contributed by atoms with van der Waals surface area (Å²) in [5, 5.41) is 0. The van der Waals surface area contributed by atoms with E-state index in [0.29, 0.717) is 17.2 Å². The van der Waals surface area contributed by atoms with Gasteiger partial charge in [0.25, 0.3) is 0 Å². The second-order valence-electron chi connectivity index (χ2n) is 5.69. The third-order valence-electron chi connectivity index (χ3n) is 2.88. The summed E-state index contributed by atoms with van der Waals surface area (Å²) in [5.41, 5.74) is 0. The van der Waals surface area contributed by atoms with Gasteiger partial charge >= 0.3 is 23.5 Å². The molecule has 0 bridgehead atoms. The SMILES string of the molecule is O=P(O)(O)O.O=P(O)(O)O.O=P(Oc1ccccc1)(Oc1ccccc1)Oc1ccccc1. The fourth-order valence-corrected chi connectivity index (χ4v) is 3.14. The van der Waals surface area contributed by atoms with Gasteiger partial charge in [0.2, 0.25) is 0 Å². The lowest BCUT2D eigenvalue weighted by atomic mass is 10.3. The molecule has 0 aliphatic carbocycles. The molecule has 0 aliphatic heterocycles. The van der Waals surface area contributed by atoms with E-state index in [9.17, 15) is 4.57 Å². The molecule has 0 aromatic heterocycles. The van der Waals surface area contributed by atoms with Crippen LogP contribution in [0.2, 0.25) is 0 Å². The van der Waals surface area contributed by atoms with Gasteiger partial charge in [-0.05, 0) is 36.4 Å². The minimum atomic E-state index is -4.64. The molecule has 0 heterocycles. The van der Waals surface area contributed by atoms with Crippen LogP contribution >= 0.6 is 23.5 Å². The molecule has 3 aromatic carbocycles. The third kappa shape index (κ3) is 16.8. The van der Waals surface area contributed by atoms with Gasteiger partial charge in [0.05, 0.1) is 0 Å². The number of hydrogen-bond donors (Lipinski definition) is 6. The standard InChI is InChI=1S/C18H15O4P.2H3O4P/c19-23(20-16-10-4-1-5-11-16,21-17-12-6-2-7-13-17)22-18-14-8-3-9-15-18;2*1-5(2,3)4/h1-15H;2*(H3,1,2,3,4). The normalized spacial score (nSPS) is 11.1. The molecule has 180 valence electrons. The summed E-state index contributed by atoms with van der Waals surface area (Å²) in [4.78, 5) is 43.1. The highest BCUT2D eigenvalue weighted by Gasteiger charge is 2.33. The molecule has 0 aliphatic rings. The first kappa shape index (κ1) is 28.5. The lowest BCUT2D eigenvalue weighted by Crippen LogP contribution is -2.07. The highest BCUT2D eigenvalue weighted by Crippen LogP contribution is 2.49. The minimum absolute atomic E-state index is 0.405. The summed E-state index contributed by atoms with van der Waals surface area (Å²) in [6.07, 6.45) is 0. The first-order chi connectivity index (χ1) is 15.2. The highest BCUT2D eigenvalue weighted by molar-refractivity contribution is 7.49. The maximum atomic E-state index is 13.1. The van der Waals surface area contributed by atoms with Gasteiger partial charge in [-0.15, -0.1) is 0 Å². The lowest BCUT2D eigenvalue weighted by molar-refractivity contribution is 0.272. The van der Waals surface area contributed by atoms with Gasteiger partial charge in [0, 0.05) is 0 Å². The quantitative estimate of drug-likeness (QED) is 0.258. The zero-order valence-electron chi connectivity index (χ0n) is 16.6. The number of para-hydroxylation sites is 3. The van der Waals surface area contributed by atoms with Crippen molar-refractivity contribution in [2.45, 2.75) is 0 Å². The van der Waals surface area contributed by atoms with E-state index >= 15 is 0 Å². The van der Waals surface area contributed by atoms with Crippen LogP contribution in [0.1, 0.15) is 0 Å². The van der Waals surface area contributed by atoms with Crippen molar-refractivity contribution >= 4 is 23.5 Å². The Balaban J connectivity index is 0.000000460. The molecule has 6 N–H and O–H groups in total. The molecule has 3 rings (SSSR count). The number of benzene rings is 3. The van der Waals surface area contributed by atoms with Crippen LogP contribution < -0.4 is 13.6 Å². The van der Waals surface area contributed by atoms with Gasteiger partial charge in [-0.2, -0.15) is 4.57 Å². The average Bonchev–Trinajstić information content (AvgIpc) is 2.67. The van der Waals surface area contributed by atoms with Gasteiger partial charge in [-0.3, -0.25) is 0 Å². The Hall–Kier alpha value is -2.49. The first-order valence-corrected chi connectivity index (χ1v) is 13.2. The molecular formula is C18H21O12P3. The van der Waals surface area contributed by atoms with Crippen LogP contribution in [-0.2, 0) is 13.7 Å². The van der Waals surface area contributed by atoms with Crippen molar-refractivity contribution < 1.29 is 56.6 Å². The fraction of sp³-hybridized carbons (Fsp3) is 0. The zero-order valence-corrected chi connectivity index (χ0v) is 19.3. The number of hydrogen-bond acceptors (Lipinski definition) is 6. The van der Waals surface area contributed by atoms with Gasteiger partial charge in [0.1, 0.15) is 17.2 Å². The van der Waals surface area contributed by atoms with E-state index in [1.54, 1.807) is 72.8 Å². The van der Waals surface area contributed by atoms with E-state index in [1.807, 2.05) is 18.2 Å². The van der Waals surface area contributed by atoms with Gasteiger partial charge in [-0.25, -0.2) is 9.13 Å². The minimum Gasteiger partial charge on any atom is -0.386 e. The van der Waals surface area contributed by atoms with Crippen LogP contribution in [-0.4, -0.2) is 29.4 Å². The van der Waals surface area contributed by atoms with Crippen molar-refractivity contribution in [3.05, 3.63) is 91.0 Å².